The quantitative estimate of drug-likeness (QED) is 0.474. The van der Waals surface area contributed by atoms with Crippen molar-refractivity contribution >= 4 is 27.3 Å². The monoisotopic (exact) mass is 408 g/mol. The Hall–Kier alpha value is -1.31. The summed E-state index contributed by atoms with van der Waals surface area (Å²) >= 11 is 2.96. The van der Waals surface area contributed by atoms with Crippen LogP contribution >= 0.6 is 15.9 Å². The van der Waals surface area contributed by atoms with Crippen molar-refractivity contribution in [3.8, 4) is 0 Å². The maximum Gasteiger partial charge on any atom is 0.293 e. The average Bonchev–Trinajstić information content (AvgIpc) is 2.47. The standard InChI is InChI=1S/C16H20BrF3N2O2/c1-10(2)9-21(11-3-5-16(19,20)6-4-11)14-8-13(18)12(17)7-15(14)22(23)24/h7-8,10-11H,3-6,9H2,1-2H3. The lowest BCUT2D eigenvalue weighted by molar-refractivity contribution is -0.384. The van der Waals surface area contributed by atoms with Gasteiger partial charge in [0.1, 0.15) is 11.5 Å². The van der Waals surface area contributed by atoms with Gasteiger partial charge in [0.2, 0.25) is 5.92 Å². The second-order valence-electron chi connectivity index (χ2n) is 6.65. The highest BCUT2D eigenvalue weighted by Crippen LogP contribution is 2.40. The minimum absolute atomic E-state index is 0.0117. The minimum atomic E-state index is -2.68. The number of benzene rings is 1. The summed E-state index contributed by atoms with van der Waals surface area (Å²) in [6.45, 7) is 4.31. The van der Waals surface area contributed by atoms with Crippen LogP contribution in [0.15, 0.2) is 16.6 Å². The SMILES string of the molecule is CC(C)CN(c1cc(F)c(Br)cc1[N+](=O)[O-])C1CCC(F)(F)CC1. The van der Waals surface area contributed by atoms with E-state index in [-0.39, 0.29) is 53.5 Å². The summed E-state index contributed by atoms with van der Waals surface area (Å²) < 4.78 is 40.9. The Bertz CT molecular complexity index is 616. The Morgan fingerprint density at radius 3 is 2.46 bits per heavy atom. The molecule has 2 rings (SSSR count). The van der Waals surface area contributed by atoms with Crippen molar-refractivity contribution in [2.24, 2.45) is 5.92 Å². The molecule has 24 heavy (non-hydrogen) atoms. The molecule has 0 saturated heterocycles. The van der Waals surface area contributed by atoms with Crippen LogP contribution in [-0.4, -0.2) is 23.4 Å². The number of alkyl halides is 2. The zero-order valence-electron chi connectivity index (χ0n) is 13.6. The highest BCUT2D eigenvalue weighted by molar-refractivity contribution is 9.10. The molecule has 0 N–H and O–H groups in total. The second-order valence-corrected chi connectivity index (χ2v) is 7.50. The van der Waals surface area contributed by atoms with Crippen molar-refractivity contribution in [1.82, 2.24) is 0 Å². The van der Waals surface area contributed by atoms with E-state index in [1.54, 1.807) is 4.90 Å². The zero-order valence-corrected chi connectivity index (χ0v) is 15.2. The van der Waals surface area contributed by atoms with E-state index in [4.69, 9.17) is 0 Å². The van der Waals surface area contributed by atoms with Crippen molar-refractivity contribution in [3.05, 3.63) is 32.5 Å². The molecule has 4 nitrogen and oxygen atoms in total. The molecule has 1 fully saturated rings. The third-order valence-corrected chi connectivity index (χ3v) is 4.82. The highest BCUT2D eigenvalue weighted by atomic mass is 79.9. The lowest BCUT2D eigenvalue weighted by Gasteiger charge is -2.39. The third kappa shape index (κ3) is 4.40. The summed E-state index contributed by atoms with van der Waals surface area (Å²) in [5.74, 6) is -3.14. The Kier molecular flexibility index (Phi) is 5.78. The molecule has 0 heterocycles. The molecule has 0 spiro atoms. The maximum absolute atomic E-state index is 14.0. The van der Waals surface area contributed by atoms with Crippen molar-refractivity contribution in [2.45, 2.75) is 51.5 Å². The summed E-state index contributed by atoms with van der Waals surface area (Å²) in [4.78, 5) is 12.5. The van der Waals surface area contributed by atoms with E-state index < -0.39 is 16.7 Å². The van der Waals surface area contributed by atoms with Crippen LogP contribution in [-0.2, 0) is 0 Å². The number of hydrogen-bond acceptors (Lipinski definition) is 3. The van der Waals surface area contributed by atoms with Crippen molar-refractivity contribution in [2.75, 3.05) is 11.4 Å². The van der Waals surface area contributed by atoms with E-state index in [1.165, 1.54) is 0 Å². The summed E-state index contributed by atoms with van der Waals surface area (Å²) in [5, 5.41) is 11.4. The van der Waals surface area contributed by atoms with Crippen LogP contribution < -0.4 is 4.90 Å². The molecule has 1 saturated carbocycles. The van der Waals surface area contributed by atoms with Crippen LogP contribution in [0.1, 0.15) is 39.5 Å². The van der Waals surface area contributed by atoms with Gasteiger partial charge in [0, 0.05) is 37.6 Å². The van der Waals surface area contributed by atoms with Gasteiger partial charge in [0.05, 0.1) is 9.40 Å². The van der Waals surface area contributed by atoms with E-state index in [0.717, 1.165) is 12.1 Å². The van der Waals surface area contributed by atoms with Crippen LogP contribution in [0, 0.1) is 21.8 Å². The first-order valence-corrected chi connectivity index (χ1v) is 8.68. The van der Waals surface area contributed by atoms with Gasteiger partial charge in [-0.25, -0.2) is 13.2 Å². The smallest absolute Gasteiger partial charge is 0.293 e. The molecule has 0 radical (unpaired) electrons. The van der Waals surface area contributed by atoms with Crippen LogP contribution in [0.3, 0.4) is 0 Å². The topological polar surface area (TPSA) is 46.4 Å². The van der Waals surface area contributed by atoms with Gasteiger partial charge in [-0.1, -0.05) is 13.8 Å². The van der Waals surface area contributed by atoms with Gasteiger partial charge in [-0.15, -0.1) is 0 Å². The molecule has 0 atom stereocenters. The van der Waals surface area contributed by atoms with Gasteiger partial charge in [0.25, 0.3) is 5.69 Å². The van der Waals surface area contributed by atoms with Gasteiger partial charge in [0.15, 0.2) is 0 Å². The van der Waals surface area contributed by atoms with Gasteiger partial charge in [-0.05, 0) is 34.7 Å². The van der Waals surface area contributed by atoms with Crippen LogP contribution in [0.2, 0.25) is 0 Å². The summed E-state index contributed by atoms with van der Waals surface area (Å²) in [5.41, 5.74) is -0.0640. The van der Waals surface area contributed by atoms with Crippen LogP contribution in [0.5, 0.6) is 0 Å². The normalized spacial score (nSPS) is 18.0. The number of rotatable bonds is 5. The van der Waals surface area contributed by atoms with E-state index in [2.05, 4.69) is 15.9 Å². The molecular weight excluding hydrogens is 389 g/mol. The average molecular weight is 409 g/mol. The third-order valence-electron chi connectivity index (χ3n) is 4.21. The molecule has 1 aromatic rings. The summed E-state index contributed by atoms with van der Waals surface area (Å²) in [7, 11) is 0. The molecule has 0 aliphatic heterocycles. The fraction of sp³-hybridized carbons (Fsp3) is 0.625. The zero-order chi connectivity index (χ0) is 18.1. The molecule has 0 unspecified atom stereocenters. The number of anilines is 1. The maximum atomic E-state index is 14.0. The highest BCUT2D eigenvalue weighted by Gasteiger charge is 2.38. The van der Waals surface area contributed by atoms with E-state index >= 15 is 0 Å². The molecule has 134 valence electrons. The Morgan fingerprint density at radius 1 is 1.38 bits per heavy atom. The second kappa shape index (κ2) is 7.29. The fourth-order valence-electron chi connectivity index (χ4n) is 3.08. The summed E-state index contributed by atoms with van der Waals surface area (Å²) in [6, 6.07) is 2.00. The van der Waals surface area contributed by atoms with Crippen LogP contribution in [0.4, 0.5) is 24.5 Å². The number of nitrogens with zero attached hydrogens (tertiary/aromatic N) is 2. The summed E-state index contributed by atoms with van der Waals surface area (Å²) in [6.07, 6.45) is -0.0404. The lowest BCUT2D eigenvalue weighted by atomic mass is 9.90. The van der Waals surface area contributed by atoms with Crippen molar-refractivity contribution < 1.29 is 18.1 Å². The fourth-order valence-corrected chi connectivity index (χ4v) is 3.41. The van der Waals surface area contributed by atoms with Gasteiger partial charge < -0.3 is 4.90 Å². The number of nitro benzene ring substituents is 1. The van der Waals surface area contributed by atoms with E-state index in [1.807, 2.05) is 13.8 Å². The number of hydrogen-bond donors (Lipinski definition) is 0. The molecule has 1 aliphatic carbocycles. The Morgan fingerprint density at radius 2 is 1.96 bits per heavy atom. The predicted octanol–water partition coefficient (Wildman–Crippen LogP) is 5.54. The van der Waals surface area contributed by atoms with Crippen molar-refractivity contribution in [1.29, 1.82) is 0 Å². The first kappa shape index (κ1) is 19.0. The first-order chi connectivity index (χ1) is 11.1. The van der Waals surface area contributed by atoms with E-state index in [9.17, 15) is 23.3 Å². The van der Waals surface area contributed by atoms with Crippen LogP contribution in [0.25, 0.3) is 0 Å². The molecule has 0 amide bonds. The largest absolute Gasteiger partial charge is 0.363 e. The van der Waals surface area contributed by atoms with E-state index in [0.29, 0.717) is 6.54 Å². The number of nitro groups is 1. The predicted molar refractivity (Wildman–Crippen MR) is 90.1 cm³/mol. The van der Waals surface area contributed by atoms with Gasteiger partial charge in [-0.3, -0.25) is 10.1 Å². The Balaban J connectivity index is 2.41. The Labute approximate surface area is 147 Å². The van der Waals surface area contributed by atoms with Gasteiger partial charge in [-0.2, -0.15) is 0 Å². The first-order valence-electron chi connectivity index (χ1n) is 7.88. The lowest BCUT2D eigenvalue weighted by Crippen LogP contribution is -2.43. The molecule has 1 aromatic carbocycles. The molecule has 0 bridgehead atoms. The van der Waals surface area contributed by atoms with Crippen molar-refractivity contribution in [3.63, 3.8) is 0 Å². The minimum Gasteiger partial charge on any atom is -0.363 e. The molecule has 8 heteroatoms. The molecule has 1 aliphatic rings. The number of halogens is 4. The molecule has 0 aromatic heterocycles. The van der Waals surface area contributed by atoms with Gasteiger partial charge >= 0.3 is 0 Å². The molecular formula is C16H20BrF3N2O2.